The number of aryl methyl sites for hydroxylation is 2. The maximum Gasteiger partial charge on any atom is 0.325 e. The van der Waals surface area contributed by atoms with Gasteiger partial charge in [0.15, 0.2) is 0 Å². The smallest absolute Gasteiger partial charge is 0.322 e. The molecule has 1 heterocycles. The van der Waals surface area contributed by atoms with Gasteiger partial charge in [-0.25, -0.2) is 9.98 Å². The summed E-state index contributed by atoms with van der Waals surface area (Å²) < 4.78 is 0. The summed E-state index contributed by atoms with van der Waals surface area (Å²) in [4.78, 5) is 20.8. The summed E-state index contributed by atoms with van der Waals surface area (Å²) in [6.45, 7) is 3.75. The van der Waals surface area contributed by atoms with Gasteiger partial charge in [-0.05, 0) is 26.0 Å². The Balaban J connectivity index is 2.18. The van der Waals surface area contributed by atoms with Gasteiger partial charge in [0, 0.05) is 6.07 Å². The molecular formula is C13H16N5O+. The monoisotopic (exact) mass is 258 g/mol. The van der Waals surface area contributed by atoms with Crippen LogP contribution in [0.4, 0.5) is 11.6 Å². The van der Waals surface area contributed by atoms with Crippen molar-refractivity contribution in [3.63, 3.8) is 0 Å². The molecule has 0 amide bonds. The van der Waals surface area contributed by atoms with E-state index >= 15 is 0 Å². The highest BCUT2D eigenvalue weighted by Crippen LogP contribution is 2.07. The molecule has 1 aromatic heterocycles. The summed E-state index contributed by atoms with van der Waals surface area (Å²) in [6.07, 6.45) is 0. The van der Waals surface area contributed by atoms with Gasteiger partial charge >= 0.3 is 5.95 Å². The minimum atomic E-state index is -0.224. The predicted molar refractivity (Wildman–Crippen MR) is 74.2 cm³/mol. The molecule has 5 N–H and O–H groups in total. The first-order valence-electron chi connectivity index (χ1n) is 5.84. The van der Waals surface area contributed by atoms with Crippen molar-refractivity contribution in [2.75, 3.05) is 5.32 Å². The van der Waals surface area contributed by atoms with E-state index in [-0.39, 0.29) is 11.5 Å². The summed E-state index contributed by atoms with van der Waals surface area (Å²) in [5.41, 5.74) is 8.22. The Morgan fingerprint density at radius 3 is 2.63 bits per heavy atom. The van der Waals surface area contributed by atoms with Gasteiger partial charge in [0.1, 0.15) is 0 Å². The van der Waals surface area contributed by atoms with E-state index in [9.17, 15) is 4.79 Å². The lowest BCUT2D eigenvalue weighted by atomic mass is 10.2. The molecule has 0 spiro atoms. The normalized spacial score (nSPS) is 11.4. The van der Waals surface area contributed by atoms with E-state index in [1.165, 1.54) is 11.6 Å². The quantitative estimate of drug-likeness (QED) is 0.432. The number of benzene rings is 1. The SMILES string of the molecule is Cc1ccc(NC(N)=[NH+]c2nc(C)cc(=O)[nH]2)cc1. The predicted octanol–water partition coefficient (Wildman–Crippen LogP) is -0.474. The lowest BCUT2D eigenvalue weighted by Crippen LogP contribution is -2.73. The lowest BCUT2D eigenvalue weighted by Gasteiger charge is -2.01. The Kier molecular flexibility index (Phi) is 3.61. The first-order valence-corrected chi connectivity index (χ1v) is 5.84. The highest BCUT2D eigenvalue weighted by molar-refractivity contribution is 5.88. The number of guanidine groups is 1. The summed E-state index contributed by atoms with van der Waals surface area (Å²) in [6, 6.07) is 9.19. The molecular weight excluding hydrogens is 242 g/mol. The zero-order chi connectivity index (χ0) is 13.8. The molecule has 98 valence electrons. The van der Waals surface area contributed by atoms with Crippen LogP contribution in [0.2, 0.25) is 0 Å². The fraction of sp³-hybridized carbons (Fsp3) is 0.154. The molecule has 0 bridgehead atoms. The van der Waals surface area contributed by atoms with Crippen LogP contribution >= 0.6 is 0 Å². The van der Waals surface area contributed by atoms with E-state index in [1.54, 1.807) is 6.92 Å². The number of aromatic amines is 1. The minimum Gasteiger partial charge on any atom is -0.322 e. The molecule has 0 aliphatic rings. The van der Waals surface area contributed by atoms with Crippen molar-refractivity contribution in [1.29, 1.82) is 0 Å². The summed E-state index contributed by atoms with van der Waals surface area (Å²) in [5.74, 6) is 0.597. The number of nitrogens with one attached hydrogen (secondary N) is 3. The number of rotatable bonds is 2. The molecule has 1 aromatic carbocycles. The molecule has 2 aromatic rings. The van der Waals surface area contributed by atoms with Crippen molar-refractivity contribution in [1.82, 2.24) is 9.97 Å². The molecule has 0 atom stereocenters. The number of nitrogens with two attached hydrogens (primary N) is 1. The first-order chi connectivity index (χ1) is 9.02. The van der Waals surface area contributed by atoms with Gasteiger partial charge in [0.25, 0.3) is 11.5 Å². The van der Waals surface area contributed by atoms with Gasteiger partial charge in [-0.2, -0.15) is 0 Å². The minimum absolute atomic E-state index is 0.224. The van der Waals surface area contributed by atoms with Crippen LogP contribution in [-0.2, 0) is 0 Å². The maximum absolute atomic E-state index is 11.3. The Morgan fingerprint density at radius 1 is 1.32 bits per heavy atom. The van der Waals surface area contributed by atoms with E-state index in [0.29, 0.717) is 11.6 Å². The molecule has 0 aliphatic carbocycles. The lowest BCUT2D eigenvalue weighted by molar-refractivity contribution is -0.365. The van der Waals surface area contributed by atoms with Crippen LogP contribution in [-0.4, -0.2) is 15.9 Å². The number of nitrogens with zero attached hydrogens (tertiary/aromatic N) is 1. The highest BCUT2D eigenvalue weighted by Gasteiger charge is 2.03. The number of hydrogen-bond acceptors (Lipinski definition) is 2. The number of anilines is 1. The third-order valence-corrected chi connectivity index (χ3v) is 2.45. The third kappa shape index (κ3) is 3.67. The van der Waals surface area contributed by atoms with Gasteiger partial charge in [-0.3, -0.25) is 10.1 Å². The highest BCUT2D eigenvalue weighted by atomic mass is 16.1. The van der Waals surface area contributed by atoms with Gasteiger partial charge in [-0.15, -0.1) is 4.98 Å². The largest absolute Gasteiger partial charge is 0.325 e. The first kappa shape index (κ1) is 12.8. The number of H-pyrrole nitrogens is 1. The van der Waals surface area contributed by atoms with Crippen molar-refractivity contribution < 1.29 is 4.99 Å². The van der Waals surface area contributed by atoms with E-state index in [0.717, 1.165) is 5.69 Å². The van der Waals surface area contributed by atoms with Crippen LogP contribution in [0.1, 0.15) is 11.3 Å². The van der Waals surface area contributed by atoms with Gasteiger partial charge in [-0.1, -0.05) is 17.7 Å². The van der Waals surface area contributed by atoms with Crippen molar-refractivity contribution in [3.8, 4) is 0 Å². The van der Waals surface area contributed by atoms with Gasteiger partial charge < -0.3 is 5.73 Å². The summed E-state index contributed by atoms with van der Waals surface area (Å²) in [5, 5.41) is 2.98. The standard InChI is InChI=1S/C13H15N5O/c1-8-3-5-10(6-4-8)16-12(14)18-13-15-9(2)7-11(19)17-13/h3-7H,1-2H3,(H4,14,15,16,17,18,19)/p+1. The zero-order valence-corrected chi connectivity index (χ0v) is 10.8. The molecule has 0 aliphatic heterocycles. The summed E-state index contributed by atoms with van der Waals surface area (Å²) >= 11 is 0. The molecule has 0 saturated carbocycles. The van der Waals surface area contributed by atoms with E-state index in [1.807, 2.05) is 31.2 Å². The third-order valence-electron chi connectivity index (χ3n) is 2.45. The van der Waals surface area contributed by atoms with Crippen molar-refractivity contribution >= 4 is 17.6 Å². The second kappa shape index (κ2) is 5.34. The average molecular weight is 258 g/mol. The van der Waals surface area contributed by atoms with Crippen LogP contribution < -0.4 is 21.6 Å². The Labute approximate surface area is 110 Å². The molecule has 0 fully saturated rings. The van der Waals surface area contributed by atoms with E-state index < -0.39 is 0 Å². The number of hydrogen-bond donors (Lipinski definition) is 4. The number of aromatic nitrogens is 2. The molecule has 19 heavy (non-hydrogen) atoms. The van der Waals surface area contributed by atoms with Crippen LogP contribution in [0.5, 0.6) is 0 Å². The molecule has 6 nitrogen and oxygen atoms in total. The van der Waals surface area contributed by atoms with E-state index in [4.69, 9.17) is 5.73 Å². The second-order valence-corrected chi connectivity index (χ2v) is 4.27. The van der Waals surface area contributed by atoms with Crippen LogP contribution in [0, 0.1) is 13.8 Å². The molecule has 0 unspecified atom stereocenters. The Morgan fingerprint density at radius 2 is 2.00 bits per heavy atom. The Bertz CT molecular complexity index is 657. The summed E-state index contributed by atoms with van der Waals surface area (Å²) in [7, 11) is 0. The van der Waals surface area contributed by atoms with Crippen molar-refractivity contribution in [2.45, 2.75) is 13.8 Å². The van der Waals surface area contributed by atoms with Gasteiger partial charge in [0.05, 0.1) is 11.4 Å². The molecule has 6 heteroatoms. The maximum atomic E-state index is 11.3. The molecule has 2 rings (SSSR count). The van der Waals surface area contributed by atoms with Crippen LogP contribution in [0.25, 0.3) is 0 Å². The van der Waals surface area contributed by atoms with Gasteiger partial charge in [0.2, 0.25) is 0 Å². The molecule has 0 saturated heterocycles. The topological polar surface area (TPSA) is 97.8 Å². The van der Waals surface area contributed by atoms with Crippen molar-refractivity contribution in [2.24, 2.45) is 5.73 Å². The van der Waals surface area contributed by atoms with E-state index in [2.05, 4.69) is 20.3 Å². The van der Waals surface area contributed by atoms with Crippen LogP contribution in [0.15, 0.2) is 35.1 Å². The second-order valence-electron chi connectivity index (χ2n) is 4.27. The fourth-order valence-corrected chi connectivity index (χ4v) is 1.59. The Hall–Kier alpha value is -2.63. The van der Waals surface area contributed by atoms with Crippen molar-refractivity contribution in [3.05, 3.63) is 51.9 Å². The molecule has 0 radical (unpaired) electrons. The zero-order valence-electron chi connectivity index (χ0n) is 10.8. The average Bonchev–Trinajstić information content (AvgIpc) is 2.30. The fourth-order valence-electron chi connectivity index (χ4n) is 1.59. The van der Waals surface area contributed by atoms with Crippen LogP contribution in [0.3, 0.4) is 0 Å².